The number of piperazine rings is 1. The summed E-state index contributed by atoms with van der Waals surface area (Å²) in [6.45, 7) is 4.93. The first kappa shape index (κ1) is 16.5. The lowest BCUT2D eigenvalue weighted by molar-refractivity contribution is 0.222. The van der Waals surface area contributed by atoms with Crippen LogP contribution in [0.25, 0.3) is 0 Å². The Labute approximate surface area is 131 Å². The third-order valence-electron chi connectivity index (χ3n) is 3.58. The first-order chi connectivity index (χ1) is 9.98. The molecule has 0 aliphatic carbocycles. The minimum atomic E-state index is -3.46. The molecule has 1 aromatic carbocycles. The van der Waals surface area contributed by atoms with Crippen molar-refractivity contribution >= 4 is 21.6 Å². The SMILES string of the molecule is CCOc1ccc(S(=O)(=O)N2CCN(C)CC2)cc1CCl. The quantitative estimate of drug-likeness (QED) is 0.771. The molecule has 0 saturated carbocycles. The second-order valence-electron chi connectivity index (χ2n) is 5.04. The van der Waals surface area contributed by atoms with Crippen molar-refractivity contribution in [2.45, 2.75) is 17.7 Å². The molecule has 0 atom stereocenters. The van der Waals surface area contributed by atoms with Crippen LogP contribution >= 0.6 is 11.6 Å². The van der Waals surface area contributed by atoms with E-state index < -0.39 is 10.0 Å². The van der Waals surface area contributed by atoms with E-state index in [2.05, 4.69) is 4.90 Å². The van der Waals surface area contributed by atoms with Crippen LogP contribution < -0.4 is 4.74 Å². The molecular formula is C14H21ClN2O3S. The van der Waals surface area contributed by atoms with Crippen LogP contribution in [0.2, 0.25) is 0 Å². The Morgan fingerprint density at radius 2 is 1.90 bits per heavy atom. The van der Waals surface area contributed by atoms with Gasteiger partial charge in [-0.15, -0.1) is 11.6 Å². The Kier molecular flexibility index (Phi) is 5.48. The Bertz CT molecular complexity index is 584. The normalized spacial score (nSPS) is 17.9. The first-order valence-corrected chi connectivity index (χ1v) is 8.97. The second-order valence-corrected chi connectivity index (χ2v) is 7.25. The molecule has 5 nitrogen and oxygen atoms in total. The zero-order chi connectivity index (χ0) is 15.5. The molecule has 1 fully saturated rings. The van der Waals surface area contributed by atoms with Gasteiger partial charge in [0.2, 0.25) is 10.0 Å². The predicted molar refractivity (Wildman–Crippen MR) is 83.4 cm³/mol. The fourth-order valence-corrected chi connectivity index (χ4v) is 3.98. The lowest BCUT2D eigenvalue weighted by atomic mass is 10.2. The van der Waals surface area contributed by atoms with Crippen LogP contribution in [0.15, 0.2) is 23.1 Å². The van der Waals surface area contributed by atoms with Crippen molar-refractivity contribution in [3.8, 4) is 5.75 Å². The van der Waals surface area contributed by atoms with Crippen molar-refractivity contribution in [1.82, 2.24) is 9.21 Å². The third kappa shape index (κ3) is 3.69. The van der Waals surface area contributed by atoms with Crippen molar-refractivity contribution in [3.63, 3.8) is 0 Å². The molecule has 0 N–H and O–H groups in total. The number of rotatable bonds is 5. The average molecular weight is 333 g/mol. The smallest absolute Gasteiger partial charge is 0.243 e. The number of ether oxygens (including phenoxy) is 1. The molecule has 0 aromatic heterocycles. The van der Waals surface area contributed by atoms with Gasteiger partial charge in [0.05, 0.1) is 17.4 Å². The highest BCUT2D eigenvalue weighted by Crippen LogP contribution is 2.26. The molecule has 7 heteroatoms. The van der Waals surface area contributed by atoms with Crippen LogP contribution in [0.4, 0.5) is 0 Å². The molecule has 1 aromatic rings. The number of alkyl halides is 1. The number of benzene rings is 1. The Morgan fingerprint density at radius 3 is 2.48 bits per heavy atom. The molecule has 1 aliphatic rings. The largest absolute Gasteiger partial charge is 0.494 e. The molecule has 0 radical (unpaired) electrons. The number of sulfonamides is 1. The summed E-state index contributed by atoms with van der Waals surface area (Å²) in [5, 5.41) is 0. The zero-order valence-electron chi connectivity index (χ0n) is 12.4. The van der Waals surface area contributed by atoms with Crippen LogP contribution in [-0.2, 0) is 15.9 Å². The zero-order valence-corrected chi connectivity index (χ0v) is 14.0. The predicted octanol–water partition coefficient (Wildman–Crippen LogP) is 1.76. The van der Waals surface area contributed by atoms with Gasteiger partial charge in [-0.05, 0) is 32.2 Å². The van der Waals surface area contributed by atoms with Gasteiger partial charge in [0.15, 0.2) is 0 Å². The Morgan fingerprint density at radius 1 is 1.24 bits per heavy atom. The number of hydrogen-bond acceptors (Lipinski definition) is 4. The topological polar surface area (TPSA) is 49.9 Å². The Balaban J connectivity index is 2.27. The Hall–Kier alpha value is -0.820. The van der Waals surface area contributed by atoms with Crippen molar-refractivity contribution < 1.29 is 13.2 Å². The minimum Gasteiger partial charge on any atom is -0.494 e. The molecular weight excluding hydrogens is 312 g/mol. The van der Waals surface area contributed by atoms with Crippen molar-refractivity contribution in [3.05, 3.63) is 23.8 Å². The number of likely N-dealkylation sites (N-methyl/N-ethyl adjacent to an activating group) is 1. The summed E-state index contributed by atoms with van der Waals surface area (Å²) < 4.78 is 32.3. The monoisotopic (exact) mass is 332 g/mol. The van der Waals surface area contributed by atoms with Gasteiger partial charge in [-0.25, -0.2) is 8.42 Å². The molecule has 0 amide bonds. The fraction of sp³-hybridized carbons (Fsp3) is 0.571. The van der Waals surface area contributed by atoms with E-state index in [1.54, 1.807) is 18.2 Å². The minimum absolute atomic E-state index is 0.224. The number of hydrogen-bond donors (Lipinski definition) is 0. The molecule has 1 aliphatic heterocycles. The molecule has 0 bridgehead atoms. The maximum Gasteiger partial charge on any atom is 0.243 e. The summed E-state index contributed by atoms with van der Waals surface area (Å²) in [6, 6.07) is 4.89. The lowest BCUT2D eigenvalue weighted by Gasteiger charge is -2.31. The number of halogens is 1. The van der Waals surface area contributed by atoms with E-state index in [1.165, 1.54) is 4.31 Å². The summed E-state index contributed by atoms with van der Waals surface area (Å²) in [4.78, 5) is 2.40. The highest BCUT2D eigenvalue weighted by Gasteiger charge is 2.27. The summed E-state index contributed by atoms with van der Waals surface area (Å²) in [5.41, 5.74) is 0.703. The third-order valence-corrected chi connectivity index (χ3v) is 5.76. The van der Waals surface area contributed by atoms with Gasteiger partial charge in [0.25, 0.3) is 0 Å². The maximum absolute atomic E-state index is 12.7. The van der Waals surface area contributed by atoms with Gasteiger partial charge in [-0.3, -0.25) is 0 Å². The van der Waals surface area contributed by atoms with E-state index in [1.807, 2.05) is 14.0 Å². The summed E-state index contributed by atoms with van der Waals surface area (Å²) >= 11 is 5.90. The average Bonchev–Trinajstić information content (AvgIpc) is 2.48. The lowest BCUT2D eigenvalue weighted by Crippen LogP contribution is -2.47. The van der Waals surface area contributed by atoms with Gasteiger partial charge in [-0.2, -0.15) is 4.31 Å². The van der Waals surface area contributed by atoms with Crippen LogP contribution in [0.3, 0.4) is 0 Å². The molecule has 1 heterocycles. The van der Waals surface area contributed by atoms with Crippen molar-refractivity contribution in [1.29, 1.82) is 0 Å². The van der Waals surface area contributed by atoms with Crippen LogP contribution in [0.5, 0.6) is 5.75 Å². The second kappa shape index (κ2) is 6.96. The maximum atomic E-state index is 12.7. The van der Waals surface area contributed by atoms with Gasteiger partial charge in [-0.1, -0.05) is 0 Å². The van der Waals surface area contributed by atoms with Crippen LogP contribution in [0.1, 0.15) is 12.5 Å². The van der Waals surface area contributed by atoms with Crippen LogP contribution in [0, 0.1) is 0 Å². The summed E-state index contributed by atoms with van der Waals surface area (Å²) in [6.07, 6.45) is 0. The van der Waals surface area contributed by atoms with E-state index in [-0.39, 0.29) is 10.8 Å². The summed E-state index contributed by atoms with van der Waals surface area (Å²) in [7, 11) is -1.46. The first-order valence-electron chi connectivity index (χ1n) is 6.99. The highest BCUT2D eigenvalue weighted by atomic mass is 35.5. The number of nitrogens with zero attached hydrogens (tertiary/aromatic N) is 2. The fourth-order valence-electron chi connectivity index (χ4n) is 2.29. The standard InChI is InChI=1S/C14H21ClN2O3S/c1-3-20-14-5-4-13(10-12(14)11-15)21(18,19)17-8-6-16(2)7-9-17/h4-5,10H,3,6-9,11H2,1-2H3. The van der Waals surface area contributed by atoms with Crippen LogP contribution in [-0.4, -0.2) is 57.5 Å². The van der Waals surface area contributed by atoms with Gasteiger partial charge < -0.3 is 9.64 Å². The van der Waals surface area contributed by atoms with E-state index >= 15 is 0 Å². The van der Waals surface area contributed by atoms with Crippen molar-refractivity contribution in [2.24, 2.45) is 0 Å². The van der Waals surface area contributed by atoms with Crippen molar-refractivity contribution in [2.75, 3.05) is 39.8 Å². The molecule has 0 spiro atoms. The van der Waals surface area contributed by atoms with E-state index in [9.17, 15) is 8.42 Å². The van der Waals surface area contributed by atoms with E-state index in [0.29, 0.717) is 31.0 Å². The molecule has 2 rings (SSSR count). The summed E-state index contributed by atoms with van der Waals surface area (Å²) in [5.74, 6) is 0.867. The van der Waals surface area contributed by atoms with E-state index in [4.69, 9.17) is 16.3 Å². The van der Waals surface area contributed by atoms with Gasteiger partial charge >= 0.3 is 0 Å². The molecule has 0 unspecified atom stereocenters. The van der Waals surface area contributed by atoms with E-state index in [0.717, 1.165) is 13.1 Å². The highest BCUT2D eigenvalue weighted by molar-refractivity contribution is 7.89. The molecule has 1 saturated heterocycles. The van der Waals surface area contributed by atoms with Gasteiger partial charge in [0, 0.05) is 31.7 Å². The molecule has 118 valence electrons. The molecule has 21 heavy (non-hydrogen) atoms. The van der Waals surface area contributed by atoms with Gasteiger partial charge in [0.1, 0.15) is 5.75 Å².